The number of hydrogen-bond acceptors (Lipinski definition) is 6. The lowest BCUT2D eigenvalue weighted by Gasteiger charge is -2.31. The zero-order valence-corrected chi connectivity index (χ0v) is 14.6. The lowest BCUT2D eigenvalue weighted by Crippen LogP contribution is -2.49. The van der Waals surface area contributed by atoms with Crippen molar-refractivity contribution in [3.05, 3.63) is 18.3 Å². The first-order valence-corrected chi connectivity index (χ1v) is 8.42. The van der Waals surface area contributed by atoms with Gasteiger partial charge in [0.1, 0.15) is 12.2 Å². The molecule has 2 aliphatic rings. The molecule has 0 N–H and O–H groups in total. The molecule has 0 spiro atoms. The molecule has 1 aromatic heterocycles. The van der Waals surface area contributed by atoms with Gasteiger partial charge in [0.2, 0.25) is 0 Å². The number of likely N-dealkylation sites (tertiary alicyclic amines) is 1. The van der Waals surface area contributed by atoms with Crippen LogP contribution in [-0.2, 0) is 9.53 Å². The van der Waals surface area contributed by atoms with Gasteiger partial charge < -0.3 is 24.2 Å². The van der Waals surface area contributed by atoms with Gasteiger partial charge in [-0.25, -0.2) is 4.98 Å². The molecule has 3 heterocycles. The van der Waals surface area contributed by atoms with E-state index in [1.807, 2.05) is 43.1 Å². The standard InChI is InChI=1S/C17H26N4O3/c1-19(2)16-14(5-4-7-18-16)24-13-6-8-21(11-13)17(22)15-12-20(3)9-10-23-15/h4-5,7,13,15H,6,8-12H2,1-3H3. The number of carbonyl (C=O) groups is 1. The number of pyridine rings is 1. The molecule has 2 atom stereocenters. The molecular formula is C17H26N4O3. The molecular weight excluding hydrogens is 308 g/mol. The number of nitrogens with zero attached hydrogens (tertiary/aromatic N) is 4. The SMILES string of the molecule is CN1CCOC(C(=O)N2CCC(Oc3cccnc3N(C)C)C2)C1. The van der Waals surface area contributed by atoms with Crippen molar-refractivity contribution in [1.29, 1.82) is 0 Å². The molecule has 7 nitrogen and oxygen atoms in total. The molecule has 1 amide bonds. The number of anilines is 1. The molecule has 0 saturated carbocycles. The Morgan fingerprint density at radius 1 is 1.38 bits per heavy atom. The topological polar surface area (TPSA) is 58.1 Å². The van der Waals surface area contributed by atoms with Crippen molar-refractivity contribution in [2.24, 2.45) is 0 Å². The van der Waals surface area contributed by atoms with Crippen LogP contribution in [0.2, 0.25) is 0 Å². The van der Waals surface area contributed by atoms with Crippen LogP contribution in [0.4, 0.5) is 5.82 Å². The monoisotopic (exact) mass is 334 g/mol. The van der Waals surface area contributed by atoms with Gasteiger partial charge in [-0.2, -0.15) is 0 Å². The molecule has 0 bridgehead atoms. The first-order valence-electron chi connectivity index (χ1n) is 8.42. The summed E-state index contributed by atoms with van der Waals surface area (Å²) >= 11 is 0. The highest BCUT2D eigenvalue weighted by Gasteiger charge is 2.34. The number of rotatable bonds is 4. The molecule has 132 valence electrons. The molecule has 0 aromatic carbocycles. The summed E-state index contributed by atoms with van der Waals surface area (Å²) in [5.41, 5.74) is 0. The van der Waals surface area contributed by atoms with Crippen molar-refractivity contribution in [2.45, 2.75) is 18.6 Å². The summed E-state index contributed by atoms with van der Waals surface area (Å²) in [5.74, 6) is 1.64. The van der Waals surface area contributed by atoms with E-state index >= 15 is 0 Å². The smallest absolute Gasteiger partial charge is 0.253 e. The number of amides is 1. The van der Waals surface area contributed by atoms with Crippen LogP contribution in [0.3, 0.4) is 0 Å². The van der Waals surface area contributed by atoms with Crippen LogP contribution < -0.4 is 9.64 Å². The highest BCUT2D eigenvalue weighted by atomic mass is 16.5. The second kappa shape index (κ2) is 7.36. The van der Waals surface area contributed by atoms with Gasteiger partial charge in [-0.1, -0.05) is 0 Å². The Balaban J connectivity index is 1.59. The van der Waals surface area contributed by atoms with Gasteiger partial charge in [0.15, 0.2) is 11.6 Å². The number of aromatic nitrogens is 1. The van der Waals surface area contributed by atoms with Crippen molar-refractivity contribution >= 4 is 11.7 Å². The van der Waals surface area contributed by atoms with Gasteiger partial charge in [0.05, 0.1) is 13.2 Å². The lowest BCUT2D eigenvalue weighted by molar-refractivity contribution is -0.148. The fourth-order valence-corrected chi connectivity index (χ4v) is 3.15. The molecule has 2 saturated heterocycles. The Kier molecular flexibility index (Phi) is 5.20. The molecule has 7 heteroatoms. The molecule has 2 unspecified atom stereocenters. The fraction of sp³-hybridized carbons (Fsp3) is 0.647. The summed E-state index contributed by atoms with van der Waals surface area (Å²) in [6.45, 7) is 3.47. The van der Waals surface area contributed by atoms with Gasteiger partial charge in [-0.3, -0.25) is 4.79 Å². The van der Waals surface area contributed by atoms with Crippen LogP contribution >= 0.6 is 0 Å². The molecule has 1 aromatic rings. The summed E-state index contributed by atoms with van der Waals surface area (Å²) < 4.78 is 11.7. The third-order valence-corrected chi connectivity index (χ3v) is 4.47. The van der Waals surface area contributed by atoms with Crippen molar-refractivity contribution < 1.29 is 14.3 Å². The minimum atomic E-state index is -0.349. The largest absolute Gasteiger partial charge is 0.485 e. The third-order valence-electron chi connectivity index (χ3n) is 4.47. The lowest BCUT2D eigenvalue weighted by atomic mass is 10.2. The maximum Gasteiger partial charge on any atom is 0.253 e. The number of hydrogen-bond donors (Lipinski definition) is 0. The first-order chi connectivity index (χ1) is 11.5. The molecule has 0 radical (unpaired) electrons. The second-order valence-electron chi connectivity index (χ2n) is 6.65. The summed E-state index contributed by atoms with van der Waals surface area (Å²) in [7, 11) is 5.90. The van der Waals surface area contributed by atoms with Crippen LogP contribution in [0.15, 0.2) is 18.3 Å². The van der Waals surface area contributed by atoms with Crippen LogP contribution in [0.5, 0.6) is 5.75 Å². The van der Waals surface area contributed by atoms with Crippen molar-refractivity contribution in [2.75, 3.05) is 58.8 Å². The Labute approximate surface area is 143 Å². The molecule has 2 fully saturated rings. The Bertz CT molecular complexity index is 581. The minimum Gasteiger partial charge on any atom is -0.485 e. The van der Waals surface area contributed by atoms with Gasteiger partial charge in [-0.05, 0) is 19.2 Å². The minimum absolute atomic E-state index is 0.00169. The van der Waals surface area contributed by atoms with Crippen LogP contribution in [-0.4, -0.2) is 86.8 Å². The molecule has 24 heavy (non-hydrogen) atoms. The highest BCUT2D eigenvalue weighted by molar-refractivity contribution is 5.81. The van der Waals surface area contributed by atoms with E-state index < -0.39 is 0 Å². The van der Waals surface area contributed by atoms with Crippen molar-refractivity contribution in [3.8, 4) is 5.75 Å². The van der Waals surface area contributed by atoms with Gasteiger partial charge >= 0.3 is 0 Å². The van der Waals surface area contributed by atoms with E-state index in [0.717, 1.165) is 24.5 Å². The van der Waals surface area contributed by atoms with Crippen LogP contribution in [0.25, 0.3) is 0 Å². The van der Waals surface area contributed by atoms with Crippen LogP contribution in [0.1, 0.15) is 6.42 Å². The Hall–Kier alpha value is -1.86. The number of morpholine rings is 1. The number of likely N-dealkylation sites (N-methyl/N-ethyl adjacent to an activating group) is 1. The predicted octanol–water partition coefficient (Wildman–Crippen LogP) is 0.458. The summed E-state index contributed by atoms with van der Waals surface area (Å²) in [6, 6.07) is 3.79. The summed E-state index contributed by atoms with van der Waals surface area (Å²) in [6.07, 6.45) is 2.23. The van der Waals surface area contributed by atoms with Gasteiger partial charge in [0.25, 0.3) is 5.91 Å². The zero-order chi connectivity index (χ0) is 17.1. The normalized spacial score (nSPS) is 24.9. The van der Waals surface area contributed by atoms with E-state index in [9.17, 15) is 4.79 Å². The Morgan fingerprint density at radius 3 is 2.96 bits per heavy atom. The average molecular weight is 334 g/mol. The molecule has 2 aliphatic heterocycles. The van der Waals surface area contributed by atoms with E-state index in [4.69, 9.17) is 9.47 Å². The molecule has 3 rings (SSSR count). The highest BCUT2D eigenvalue weighted by Crippen LogP contribution is 2.27. The first kappa shape index (κ1) is 17.0. The van der Waals surface area contributed by atoms with E-state index in [0.29, 0.717) is 26.2 Å². The van der Waals surface area contributed by atoms with Gasteiger partial charge in [0, 0.05) is 46.3 Å². The zero-order valence-electron chi connectivity index (χ0n) is 14.6. The predicted molar refractivity (Wildman–Crippen MR) is 91.4 cm³/mol. The second-order valence-corrected chi connectivity index (χ2v) is 6.65. The maximum atomic E-state index is 12.6. The fourth-order valence-electron chi connectivity index (χ4n) is 3.15. The van der Waals surface area contributed by atoms with Gasteiger partial charge in [-0.15, -0.1) is 0 Å². The maximum absolute atomic E-state index is 12.6. The van der Waals surface area contributed by atoms with E-state index in [2.05, 4.69) is 9.88 Å². The summed E-state index contributed by atoms with van der Waals surface area (Å²) in [5, 5.41) is 0. The van der Waals surface area contributed by atoms with E-state index in [1.165, 1.54) is 0 Å². The quantitative estimate of drug-likeness (QED) is 0.797. The summed E-state index contributed by atoms with van der Waals surface area (Å²) in [4.78, 5) is 22.9. The Morgan fingerprint density at radius 2 is 2.21 bits per heavy atom. The molecule has 0 aliphatic carbocycles. The average Bonchev–Trinajstić information content (AvgIpc) is 3.03. The van der Waals surface area contributed by atoms with Crippen molar-refractivity contribution in [1.82, 2.24) is 14.8 Å². The van der Waals surface area contributed by atoms with E-state index in [1.54, 1.807) is 6.20 Å². The van der Waals surface area contributed by atoms with Crippen molar-refractivity contribution in [3.63, 3.8) is 0 Å². The van der Waals surface area contributed by atoms with E-state index in [-0.39, 0.29) is 18.1 Å². The number of carbonyl (C=O) groups excluding carboxylic acids is 1. The van der Waals surface area contributed by atoms with Crippen LogP contribution in [0, 0.1) is 0 Å². The third kappa shape index (κ3) is 3.79. The number of ether oxygens (including phenoxy) is 2.